The van der Waals surface area contributed by atoms with Crippen LogP contribution in [0.25, 0.3) is 22.1 Å². The van der Waals surface area contributed by atoms with Crippen LogP contribution in [0.5, 0.6) is 5.88 Å². The molecule has 0 atom stereocenters. The highest BCUT2D eigenvalue weighted by molar-refractivity contribution is 5.79. The minimum Gasteiger partial charge on any atom is -0.493 e. The number of hydrogen-bond acceptors (Lipinski definition) is 5. The molecule has 1 N–H and O–H groups in total. The van der Waals surface area contributed by atoms with Crippen LogP contribution in [0.1, 0.15) is 58.2 Å². The van der Waals surface area contributed by atoms with Gasteiger partial charge in [0, 0.05) is 24.3 Å². The molecule has 0 bridgehead atoms. The van der Waals surface area contributed by atoms with E-state index in [4.69, 9.17) is 4.74 Å². The number of para-hydroxylation sites is 2. The van der Waals surface area contributed by atoms with E-state index in [2.05, 4.69) is 9.55 Å². The van der Waals surface area contributed by atoms with Crippen LogP contribution in [0.2, 0.25) is 0 Å². The Morgan fingerprint density at radius 3 is 2.51 bits per heavy atom. The molecule has 4 aromatic rings. The number of rotatable bonds is 8. The van der Waals surface area contributed by atoms with Gasteiger partial charge in [-0.25, -0.2) is 9.78 Å². The topological polar surface area (TPSA) is 91.3 Å². The van der Waals surface area contributed by atoms with Gasteiger partial charge in [-0.15, -0.1) is 0 Å². The summed E-state index contributed by atoms with van der Waals surface area (Å²) in [4.78, 5) is 29.7. The number of imidazole rings is 1. The lowest BCUT2D eigenvalue weighted by Crippen LogP contribution is -2.25. The Morgan fingerprint density at radius 2 is 1.80 bits per heavy atom. The summed E-state index contributed by atoms with van der Waals surface area (Å²) >= 11 is 0. The van der Waals surface area contributed by atoms with E-state index in [1.165, 1.54) is 0 Å². The Labute approximate surface area is 203 Å². The maximum Gasteiger partial charge on any atom is 0.329 e. The van der Waals surface area contributed by atoms with Crippen LogP contribution < -0.4 is 5.69 Å². The fourth-order valence-electron chi connectivity index (χ4n) is 4.56. The standard InChI is InChI=1S/C27H32N4O4/c1-27(2,3)25(33)35-15-7-6-14-29-19(16-20-21(29)12-13-24(32)28-20)17-30-22-8-4-5-9-23(22)31(26(30)34)18-10-11-18/h4-5,8-9,12-13,16,18H,6-7,10-11,14-15,17H2,1-3H3,(H,28,32). The minimum atomic E-state index is -0.510. The minimum absolute atomic E-state index is 0.00963. The number of benzene rings is 1. The van der Waals surface area contributed by atoms with Gasteiger partial charge in [0.2, 0.25) is 5.88 Å². The number of aromatic hydroxyl groups is 1. The number of hydrogen-bond donors (Lipinski definition) is 1. The fraction of sp³-hybridized carbons (Fsp3) is 0.444. The third kappa shape index (κ3) is 4.57. The first-order valence-electron chi connectivity index (χ1n) is 12.3. The molecule has 0 radical (unpaired) electrons. The van der Waals surface area contributed by atoms with Crippen LogP contribution in [0, 0.1) is 5.41 Å². The Bertz CT molecular complexity index is 1450. The summed E-state index contributed by atoms with van der Waals surface area (Å²) in [6, 6.07) is 13.6. The summed E-state index contributed by atoms with van der Waals surface area (Å²) in [6.45, 7) is 7.01. The number of fused-ring (bicyclic) bond motifs is 2. The molecule has 184 valence electrons. The summed E-state index contributed by atoms with van der Waals surface area (Å²) < 4.78 is 11.3. The third-order valence-electron chi connectivity index (χ3n) is 6.55. The highest BCUT2D eigenvalue weighted by Gasteiger charge is 2.29. The van der Waals surface area contributed by atoms with E-state index >= 15 is 0 Å². The molecule has 0 amide bonds. The van der Waals surface area contributed by atoms with Crippen molar-refractivity contribution in [2.24, 2.45) is 5.41 Å². The summed E-state index contributed by atoms with van der Waals surface area (Å²) in [5.74, 6) is -0.228. The second-order valence-electron chi connectivity index (χ2n) is 10.4. The molecule has 1 fully saturated rings. The van der Waals surface area contributed by atoms with E-state index in [1.807, 2.05) is 66.3 Å². The van der Waals surface area contributed by atoms with Crippen molar-refractivity contribution in [2.75, 3.05) is 6.61 Å². The molecule has 35 heavy (non-hydrogen) atoms. The molecule has 0 saturated heterocycles. The molecule has 0 spiro atoms. The summed E-state index contributed by atoms with van der Waals surface area (Å²) in [6.07, 6.45) is 3.61. The van der Waals surface area contributed by atoms with Crippen molar-refractivity contribution < 1.29 is 14.6 Å². The van der Waals surface area contributed by atoms with Crippen molar-refractivity contribution in [3.63, 3.8) is 0 Å². The van der Waals surface area contributed by atoms with Gasteiger partial charge in [-0.1, -0.05) is 12.1 Å². The molecule has 1 aliphatic carbocycles. The van der Waals surface area contributed by atoms with E-state index in [-0.39, 0.29) is 23.6 Å². The predicted molar refractivity (Wildman–Crippen MR) is 135 cm³/mol. The van der Waals surface area contributed by atoms with Crippen LogP contribution in [0.4, 0.5) is 0 Å². The second-order valence-corrected chi connectivity index (χ2v) is 10.4. The number of aryl methyl sites for hydroxylation is 1. The quantitative estimate of drug-likeness (QED) is 0.296. The molecular formula is C27H32N4O4. The zero-order chi connectivity index (χ0) is 24.7. The smallest absolute Gasteiger partial charge is 0.329 e. The van der Waals surface area contributed by atoms with Gasteiger partial charge < -0.3 is 14.4 Å². The molecule has 3 heterocycles. The molecule has 1 aromatic carbocycles. The average Bonchev–Trinajstić information content (AvgIpc) is 3.53. The molecule has 5 rings (SSSR count). The van der Waals surface area contributed by atoms with Gasteiger partial charge in [-0.2, -0.15) is 0 Å². The van der Waals surface area contributed by atoms with Gasteiger partial charge >= 0.3 is 11.7 Å². The molecule has 8 nitrogen and oxygen atoms in total. The lowest BCUT2D eigenvalue weighted by molar-refractivity contribution is -0.153. The Kier molecular flexibility index (Phi) is 5.91. The van der Waals surface area contributed by atoms with Gasteiger partial charge in [0.1, 0.15) is 0 Å². The molecule has 0 unspecified atom stereocenters. The number of carbonyl (C=O) groups excluding carboxylic acids is 1. The van der Waals surface area contributed by atoms with Gasteiger partial charge in [-0.3, -0.25) is 13.9 Å². The monoisotopic (exact) mass is 476 g/mol. The lowest BCUT2D eigenvalue weighted by Gasteiger charge is -2.16. The van der Waals surface area contributed by atoms with E-state index < -0.39 is 5.41 Å². The fourth-order valence-corrected chi connectivity index (χ4v) is 4.56. The van der Waals surface area contributed by atoms with Crippen molar-refractivity contribution in [3.05, 3.63) is 58.6 Å². The number of nitrogens with zero attached hydrogens (tertiary/aromatic N) is 4. The van der Waals surface area contributed by atoms with Crippen LogP contribution in [-0.2, 0) is 22.6 Å². The van der Waals surface area contributed by atoms with Gasteiger partial charge in [0.15, 0.2) is 0 Å². The van der Waals surface area contributed by atoms with Crippen LogP contribution in [-0.4, -0.2) is 36.4 Å². The first kappa shape index (κ1) is 23.2. The van der Waals surface area contributed by atoms with Crippen molar-refractivity contribution >= 4 is 28.0 Å². The maximum atomic E-state index is 13.4. The lowest BCUT2D eigenvalue weighted by atomic mass is 9.97. The van der Waals surface area contributed by atoms with E-state index in [0.29, 0.717) is 25.2 Å². The normalized spacial score (nSPS) is 14.1. The largest absolute Gasteiger partial charge is 0.493 e. The van der Waals surface area contributed by atoms with Crippen molar-refractivity contribution in [2.45, 2.75) is 65.6 Å². The number of carbonyl (C=O) groups is 1. The van der Waals surface area contributed by atoms with Crippen LogP contribution >= 0.6 is 0 Å². The van der Waals surface area contributed by atoms with Gasteiger partial charge in [0.25, 0.3) is 0 Å². The van der Waals surface area contributed by atoms with E-state index in [9.17, 15) is 14.7 Å². The summed E-state index contributed by atoms with van der Waals surface area (Å²) in [7, 11) is 0. The summed E-state index contributed by atoms with van der Waals surface area (Å²) in [5, 5.41) is 9.91. The average molecular weight is 477 g/mol. The van der Waals surface area contributed by atoms with Crippen LogP contribution in [0.15, 0.2) is 47.3 Å². The van der Waals surface area contributed by atoms with Crippen molar-refractivity contribution in [1.29, 1.82) is 0 Å². The number of ether oxygens (including phenoxy) is 1. The van der Waals surface area contributed by atoms with Crippen molar-refractivity contribution in [1.82, 2.24) is 18.7 Å². The van der Waals surface area contributed by atoms with Crippen molar-refractivity contribution in [3.8, 4) is 5.88 Å². The maximum absolute atomic E-state index is 13.4. The number of unbranched alkanes of at least 4 members (excludes halogenated alkanes) is 1. The number of aromatic nitrogens is 4. The highest BCUT2D eigenvalue weighted by Crippen LogP contribution is 2.36. The molecule has 3 aromatic heterocycles. The second kappa shape index (κ2) is 8.91. The highest BCUT2D eigenvalue weighted by atomic mass is 16.5. The molecule has 0 aliphatic heterocycles. The van der Waals surface area contributed by atoms with Crippen LogP contribution in [0.3, 0.4) is 0 Å². The molecule has 1 saturated carbocycles. The third-order valence-corrected chi connectivity index (χ3v) is 6.55. The molecule has 8 heteroatoms. The first-order chi connectivity index (χ1) is 16.7. The zero-order valence-electron chi connectivity index (χ0n) is 20.5. The SMILES string of the molecule is CC(C)(C)C(=O)OCCCCn1c(Cn2c(=O)n(C3CC3)c3ccccc32)cc2nc(O)ccc21. The molecular weight excluding hydrogens is 444 g/mol. The first-order valence-corrected chi connectivity index (χ1v) is 12.3. The summed E-state index contributed by atoms with van der Waals surface area (Å²) in [5.41, 5.74) is 3.94. The Balaban J connectivity index is 1.42. The van der Waals surface area contributed by atoms with Gasteiger partial charge in [-0.05, 0) is 70.7 Å². The Hall–Kier alpha value is -3.55. The Morgan fingerprint density at radius 1 is 1.06 bits per heavy atom. The zero-order valence-corrected chi connectivity index (χ0v) is 20.5. The van der Waals surface area contributed by atoms with E-state index in [1.54, 1.807) is 6.07 Å². The van der Waals surface area contributed by atoms with Gasteiger partial charge in [0.05, 0.1) is 40.6 Å². The van der Waals surface area contributed by atoms with E-state index in [0.717, 1.165) is 47.9 Å². The number of esters is 1. The predicted octanol–water partition coefficient (Wildman–Crippen LogP) is 4.61. The number of pyridine rings is 1. The molecule has 1 aliphatic rings.